The maximum Gasteiger partial charge on any atom is 0.323 e. The largest absolute Gasteiger partial charge is 0.495 e. The van der Waals surface area contributed by atoms with Gasteiger partial charge in [0.05, 0.1) is 115 Å². The van der Waals surface area contributed by atoms with Gasteiger partial charge in [-0.1, -0.05) is 53.9 Å². The molecule has 2 aromatic heterocycles. The van der Waals surface area contributed by atoms with Gasteiger partial charge < -0.3 is 94.3 Å². The fourth-order valence-electron chi connectivity index (χ4n) is 20.6. The van der Waals surface area contributed by atoms with E-state index < -0.39 is 34.9 Å². The van der Waals surface area contributed by atoms with Crippen molar-refractivity contribution in [3.63, 3.8) is 0 Å². The minimum atomic E-state index is -0.876. The molecule has 150 heavy (non-hydrogen) atoms. The Morgan fingerprint density at radius 3 is 1.06 bits per heavy atom. The van der Waals surface area contributed by atoms with E-state index >= 15 is 0 Å². The summed E-state index contributed by atoms with van der Waals surface area (Å²) in [5.74, 6) is -4.12. The fraction of sp³-hybridized carbons (Fsp3) is 0.357. The molecule has 0 unspecified atom stereocenters. The van der Waals surface area contributed by atoms with Gasteiger partial charge in [-0.25, -0.2) is 31.1 Å². The van der Waals surface area contributed by atoms with E-state index in [9.17, 15) is 45.5 Å². The van der Waals surface area contributed by atoms with Gasteiger partial charge >= 0.3 is 6.03 Å². The summed E-state index contributed by atoms with van der Waals surface area (Å²) in [6.07, 6.45) is 8.80. The molecule has 9 aromatic carbocycles. The van der Waals surface area contributed by atoms with E-state index in [2.05, 4.69) is 128 Å². The van der Waals surface area contributed by atoms with Crippen LogP contribution in [0.5, 0.6) is 46.0 Å². The van der Waals surface area contributed by atoms with Gasteiger partial charge in [0.2, 0.25) is 0 Å². The molecule has 5 saturated heterocycles. The van der Waals surface area contributed by atoms with Crippen molar-refractivity contribution >= 4 is 87.4 Å². The number of anilines is 3. The molecule has 38 heteroatoms. The third-order valence-electron chi connectivity index (χ3n) is 27.9. The van der Waals surface area contributed by atoms with Gasteiger partial charge in [-0.15, -0.1) is 0 Å². The first kappa shape index (κ1) is 107. The zero-order valence-electron chi connectivity index (χ0n) is 85.8. The summed E-state index contributed by atoms with van der Waals surface area (Å²) in [5.41, 5.74) is 11.6. The fourth-order valence-corrected chi connectivity index (χ4v) is 21.4. The highest BCUT2D eigenvalue weighted by Gasteiger charge is 2.36. The average Bonchev–Trinajstić information content (AvgIpc) is 1.36. The van der Waals surface area contributed by atoms with E-state index in [1.54, 1.807) is 74.9 Å². The second-order valence-electron chi connectivity index (χ2n) is 38.4. The molecule has 0 bridgehead atoms. The number of halogens is 8. The van der Waals surface area contributed by atoms with Crippen molar-refractivity contribution in [2.75, 3.05) is 137 Å². The maximum atomic E-state index is 15.0. The molecule has 5 fully saturated rings. The summed E-state index contributed by atoms with van der Waals surface area (Å²) in [6.45, 7) is 23.5. The van der Waals surface area contributed by atoms with Crippen LogP contribution in [0, 0.1) is 34.9 Å². The molecule has 11 aromatic rings. The van der Waals surface area contributed by atoms with Crippen molar-refractivity contribution in [3.8, 4) is 90.6 Å². The van der Waals surface area contributed by atoms with E-state index in [0.717, 1.165) is 117 Å². The Morgan fingerprint density at radius 1 is 0.340 bits per heavy atom. The number of hydrogen-bond acceptors (Lipinski definition) is 25. The normalized spacial score (nSPS) is 18.6. The van der Waals surface area contributed by atoms with E-state index in [0.29, 0.717) is 149 Å². The molecule has 9 aliphatic rings. The Labute approximate surface area is 876 Å². The summed E-state index contributed by atoms with van der Waals surface area (Å²) in [6, 6.07) is 44.5. The number of rotatable bonds is 19. The van der Waals surface area contributed by atoms with Gasteiger partial charge in [0.15, 0.2) is 75.2 Å². The number of carbonyl (C=O) groups excluding carboxylic acids is 4. The predicted molar refractivity (Wildman–Crippen MR) is 569 cm³/mol. The molecule has 6 atom stereocenters. The van der Waals surface area contributed by atoms with Crippen molar-refractivity contribution in [3.05, 3.63) is 264 Å². The van der Waals surface area contributed by atoms with Gasteiger partial charge in [0.25, 0.3) is 17.7 Å². The number of nitrogens with zero attached hydrogens (tertiary/aromatic N) is 11. The lowest BCUT2D eigenvalue weighted by atomic mass is 9.98. The summed E-state index contributed by atoms with van der Waals surface area (Å²) < 4.78 is 131. The van der Waals surface area contributed by atoms with Gasteiger partial charge in [0, 0.05) is 198 Å². The number of methoxy groups -OCH3 is 8. The number of urea groups is 1. The lowest BCUT2D eigenvalue weighted by molar-refractivity contribution is 0.0968. The zero-order valence-corrected chi connectivity index (χ0v) is 87.3. The number of piperidine rings is 2. The molecule has 0 saturated carbocycles. The molecule has 20 rings (SSSR count). The van der Waals surface area contributed by atoms with Gasteiger partial charge in [-0.2, -0.15) is 0 Å². The highest BCUT2D eigenvalue weighted by Crippen LogP contribution is 2.48. The third-order valence-corrected chi connectivity index (χ3v) is 28.7. The Balaban J connectivity index is 0.000000136. The van der Waals surface area contributed by atoms with Gasteiger partial charge in [-0.05, 0) is 205 Å². The second-order valence-corrected chi connectivity index (χ2v) is 39.1. The number of nitrogens with one attached hydrogen (secondary N) is 7. The molecule has 9 aliphatic heterocycles. The number of pyridine rings is 2. The Kier molecular flexibility index (Phi) is 33.5. The van der Waals surface area contributed by atoms with Gasteiger partial charge in [0.1, 0.15) is 34.7 Å². The zero-order chi connectivity index (χ0) is 106. The molecule has 0 spiro atoms. The number of amides is 5. The van der Waals surface area contributed by atoms with E-state index in [-0.39, 0.29) is 106 Å². The van der Waals surface area contributed by atoms with Crippen LogP contribution in [-0.4, -0.2) is 231 Å². The number of ether oxygens (including phenoxy) is 8. The maximum absolute atomic E-state index is 15.0. The number of hydrogen-bond donors (Lipinski definition) is 7. The number of amidine groups is 4. The minimum Gasteiger partial charge on any atom is -0.495 e. The second kappa shape index (κ2) is 47.1. The molecule has 7 N–H and O–H groups in total. The summed E-state index contributed by atoms with van der Waals surface area (Å²) in [5, 5.41) is 23.0. The Bertz CT molecular complexity index is 6410. The number of aromatic nitrogens is 2. The van der Waals surface area contributed by atoms with E-state index in [1.807, 2.05) is 71.6 Å². The summed E-state index contributed by atoms with van der Waals surface area (Å²) >= 11 is 13.2. The van der Waals surface area contributed by atoms with Crippen LogP contribution < -0.4 is 89.8 Å². The number of aliphatic imine (C=N–C) groups is 4. The van der Waals surface area contributed by atoms with Gasteiger partial charge in [-0.3, -0.25) is 49.6 Å². The highest BCUT2D eigenvalue weighted by molar-refractivity contribution is 6.41. The Morgan fingerprint density at radius 2 is 0.667 bits per heavy atom. The summed E-state index contributed by atoms with van der Waals surface area (Å²) in [4.78, 5) is 89.9. The molecular formula is C112H120Cl2F6N18O12. The van der Waals surface area contributed by atoms with Crippen LogP contribution in [0.2, 0.25) is 10.0 Å². The number of carbonyl (C=O) groups is 4. The standard InChI is InChI=1S/C29H30F2N4O3.2C28H29F2N5O3.C27H32Cl2N4O3/c1-16-14-35(15-17(2)33-16)21-8-5-18(6-9-21)29(36)34-28-22-10-7-19(11-20(22)13-32-28)25-26(30)23(37-3)12-24(38-4)27(25)31;1-15-13-35(14-16(2)33-15)20-7-5-17(6-8-20)28(36)34-27-26-19(12-32-27)9-18(11-31-26)23-24(29)21(37-3)10-22(38-4)25(23)30;1-15-13-35(14-16(2)33-15)19-7-5-17(6-8-19)28(36)34-27-20-12-31-21(9-18(20)11-32-27)24-25(29)22(37-3)10-23(38-4)26(24)30;1-35-21-15-22(36-2)25(29)23(24(21)28)17-6-7-20-18(14-17)16-30-26(20)31-27(34)33-12-8-19(9-13-33)32-10-4-3-5-11-32/h5-12,16-17,33H,13-15H2,1-4H3,(H,32,34,36);5-11,15-16,33H,12-14H2,1-4H3,(H,32,34,36);5-10,12,15-16,33H,11,13-14H2,1-4H3,(H,32,34,36);6-7,14-15,19H,3-5,8-13,16H2,1-2H3,(H,30,31,34)/t16-,17+;2*15-,16+;. The van der Waals surface area contributed by atoms with Crippen molar-refractivity contribution in [1.29, 1.82) is 0 Å². The number of benzene rings is 9. The molecule has 11 heterocycles. The monoisotopic (exact) mass is 2090 g/mol. The molecular weight excluding hydrogens is 1970 g/mol. The number of fused-ring (bicyclic) bond motifs is 4. The van der Waals surface area contributed by atoms with Crippen molar-refractivity contribution < 1.29 is 83.4 Å². The van der Waals surface area contributed by atoms with Crippen molar-refractivity contribution in [1.82, 2.24) is 57.0 Å². The van der Waals surface area contributed by atoms with Crippen LogP contribution in [-0.2, 0) is 26.2 Å². The number of piperazine rings is 3. The van der Waals surface area contributed by atoms with Crippen molar-refractivity contribution in [2.45, 2.75) is 142 Å². The van der Waals surface area contributed by atoms with Crippen LogP contribution in [0.25, 0.3) is 44.6 Å². The van der Waals surface area contributed by atoms with E-state index in [4.69, 9.17) is 61.1 Å². The van der Waals surface area contributed by atoms with Crippen LogP contribution in [0.1, 0.15) is 149 Å². The number of likely N-dealkylation sites (tertiary alicyclic amines) is 2. The quantitative estimate of drug-likeness (QED) is 0.0370. The molecule has 0 radical (unpaired) electrons. The molecule has 786 valence electrons. The average molecular weight is 2100 g/mol. The SMILES string of the molecule is COc1cc(OC)c(Cl)c(-c2ccc3c(c2)CN=C3NC(=O)N2CCC(N3CCCCC3)CC2)c1Cl.COc1cc(OC)c(F)c(-c2cc3c(cn2)C(NC(=O)c2ccc(N4C[C@@H](C)N[C@@H](C)C4)cc2)=NC3)c1F.COc1cc(OC)c(F)c(-c2ccc3c(c2)CN=C3NC(=O)c2ccc(N3C[C@@H](C)N[C@@H](C)C3)cc2)c1F.COc1cc(OC)c(F)c(-c2cnc3c(c2)CN=C3NC(=O)c2ccc(N3C[C@@H](C)N[C@@H](C)C3)cc2)c1F. The first-order valence-electron chi connectivity index (χ1n) is 49.8. The summed E-state index contributed by atoms with van der Waals surface area (Å²) in [7, 11) is 10.9. The van der Waals surface area contributed by atoms with Crippen LogP contribution >= 0.6 is 23.2 Å². The molecule has 5 amide bonds. The van der Waals surface area contributed by atoms with Crippen molar-refractivity contribution in [2.24, 2.45) is 20.0 Å². The lowest BCUT2D eigenvalue weighted by Crippen LogP contribution is -2.54. The smallest absolute Gasteiger partial charge is 0.323 e. The van der Waals surface area contributed by atoms with Crippen LogP contribution in [0.3, 0.4) is 0 Å². The third kappa shape index (κ3) is 23.2. The van der Waals surface area contributed by atoms with E-state index in [1.165, 1.54) is 93.5 Å². The topological polar surface area (TPSA) is 318 Å². The van der Waals surface area contributed by atoms with Crippen LogP contribution in [0.15, 0.2) is 178 Å². The first-order chi connectivity index (χ1) is 72.3. The van der Waals surface area contributed by atoms with Crippen LogP contribution in [0.4, 0.5) is 48.2 Å². The molecule has 0 aliphatic carbocycles. The highest BCUT2D eigenvalue weighted by atomic mass is 35.5. The first-order valence-corrected chi connectivity index (χ1v) is 50.5. The lowest BCUT2D eigenvalue weighted by Gasteiger charge is -2.40. The molecule has 30 nitrogen and oxygen atoms in total. The Hall–Kier alpha value is -14.6. The predicted octanol–water partition coefficient (Wildman–Crippen LogP) is 18.0. The minimum absolute atomic E-state index is 0.0749.